The number of hydrogen-bond donors (Lipinski definition) is 1. The van der Waals surface area contributed by atoms with Crippen molar-refractivity contribution in [2.75, 3.05) is 7.11 Å². The molecule has 9 heteroatoms. The number of benzene rings is 2. The molecule has 0 aliphatic heterocycles. The molecule has 2 aromatic carbocycles. The molecule has 0 bridgehead atoms. The first-order chi connectivity index (χ1) is 18.5. The van der Waals surface area contributed by atoms with Crippen LogP contribution in [0.4, 0.5) is 0 Å². The number of nitrogens with zero attached hydrogens (tertiary/aromatic N) is 4. The molecule has 0 spiro atoms. The molecule has 1 aliphatic carbocycles. The summed E-state index contributed by atoms with van der Waals surface area (Å²) in [6, 6.07) is 18.8. The molecule has 0 radical (unpaired) electrons. The minimum atomic E-state index is -0.293. The Morgan fingerprint density at radius 2 is 1.92 bits per heavy atom. The number of ether oxygens (including phenoxy) is 1. The predicted octanol–water partition coefficient (Wildman–Crippen LogP) is 4.23. The Balaban J connectivity index is 1.34. The first-order valence-corrected chi connectivity index (χ1v) is 12.4. The number of amides is 1. The van der Waals surface area contributed by atoms with Gasteiger partial charge in [0.05, 0.1) is 18.5 Å². The van der Waals surface area contributed by atoms with Gasteiger partial charge in [-0.2, -0.15) is 4.98 Å². The number of pyridine rings is 2. The average Bonchev–Trinajstić information content (AvgIpc) is 3.58. The molecule has 1 N–H and O–H groups in total. The summed E-state index contributed by atoms with van der Waals surface area (Å²) in [5.74, 6) is 0.947. The molecule has 1 amide bonds. The largest absolute Gasteiger partial charge is 0.497 e. The van der Waals surface area contributed by atoms with Crippen LogP contribution >= 0.6 is 0 Å². The Hall–Kier alpha value is -4.79. The van der Waals surface area contributed by atoms with Crippen LogP contribution in [0.5, 0.6) is 5.75 Å². The zero-order chi connectivity index (χ0) is 26.2. The first kappa shape index (κ1) is 23.6. The van der Waals surface area contributed by atoms with Crippen LogP contribution in [-0.4, -0.2) is 32.7 Å². The zero-order valence-corrected chi connectivity index (χ0v) is 21.0. The van der Waals surface area contributed by atoms with Gasteiger partial charge in [-0.05, 0) is 67.3 Å². The molecule has 1 aliphatic rings. The molecular weight excluding hydrogens is 482 g/mol. The van der Waals surface area contributed by atoms with Crippen LogP contribution in [0.15, 0.2) is 76.2 Å². The van der Waals surface area contributed by atoms with E-state index in [1.54, 1.807) is 42.1 Å². The van der Waals surface area contributed by atoms with Crippen LogP contribution in [0.2, 0.25) is 0 Å². The number of hydrogen-bond acceptors (Lipinski definition) is 7. The van der Waals surface area contributed by atoms with E-state index in [0.29, 0.717) is 22.6 Å². The third kappa shape index (κ3) is 4.32. The van der Waals surface area contributed by atoms with E-state index in [9.17, 15) is 9.59 Å². The molecule has 3 aromatic heterocycles. The minimum Gasteiger partial charge on any atom is -0.497 e. The molecule has 0 fully saturated rings. The fourth-order valence-corrected chi connectivity index (χ4v) is 4.92. The van der Waals surface area contributed by atoms with Gasteiger partial charge in [-0.25, -0.2) is 4.98 Å². The molecule has 0 unspecified atom stereocenters. The summed E-state index contributed by atoms with van der Waals surface area (Å²) in [6.45, 7) is 1.83. The molecule has 3 heterocycles. The Bertz CT molecular complexity index is 1720. The molecule has 1 atom stereocenters. The normalized spacial score (nSPS) is 14.4. The molecule has 6 rings (SSSR count). The molecular formula is C29H25N5O4. The Kier molecular flexibility index (Phi) is 5.95. The molecule has 9 nitrogen and oxygen atoms in total. The molecule has 0 saturated heterocycles. The highest BCUT2D eigenvalue weighted by Crippen LogP contribution is 2.31. The Morgan fingerprint density at radius 3 is 2.74 bits per heavy atom. The number of aromatic nitrogens is 4. The van der Waals surface area contributed by atoms with Crippen molar-refractivity contribution in [1.82, 2.24) is 25.0 Å². The number of aryl methyl sites for hydroxylation is 2. The lowest BCUT2D eigenvalue weighted by molar-refractivity contribution is -0.122. The minimum absolute atomic E-state index is 0.0155. The Morgan fingerprint density at radius 1 is 1.11 bits per heavy atom. The van der Waals surface area contributed by atoms with Crippen molar-refractivity contribution in [3.8, 4) is 28.6 Å². The highest BCUT2D eigenvalue weighted by molar-refractivity contribution is 5.83. The van der Waals surface area contributed by atoms with Crippen LogP contribution in [-0.2, 0) is 17.8 Å². The van der Waals surface area contributed by atoms with Gasteiger partial charge in [-0.1, -0.05) is 29.4 Å². The number of carbonyl (C=O) groups is 1. The summed E-state index contributed by atoms with van der Waals surface area (Å²) in [5, 5.41) is 7.58. The van der Waals surface area contributed by atoms with Crippen molar-refractivity contribution >= 4 is 16.9 Å². The van der Waals surface area contributed by atoms with Gasteiger partial charge in [-0.3, -0.25) is 9.59 Å². The predicted molar refractivity (Wildman–Crippen MR) is 142 cm³/mol. The SMILES string of the molecule is COc1ccc(-c2noc(-c3cn(CC(=O)N[C@@H]4CCc5ccccc54)c4nc(C)ccc4c3=O)n2)cc1. The summed E-state index contributed by atoms with van der Waals surface area (Å²) >= 11 is 0. The molecule has 0 saturated carbocycles. The van der Waals surface area contributed by atoms with Crippen molar-refractivity contribution in [3.63, 3.8) is 0 Å². The third-order valence-electron chi connectivity index (χ3n) is 6.85. The van der Waals surface area contributed by atoms with Gasteiger partial charge in [0.2, 0.25) is 17.2 Å². The van der Waals surface area contributed by atoms with E-state index in [1.807, 2.05) is 31.2 Å². The topological polar surface area (TPSA) is 112 Å². The van der Waals surface area contributed by atoms with Gasteiger partial charge in [-0.15, -0.1) is 0 Å². The highest BCUT2D eigenvalue weighted by Gasteiger charge is 2.24. The highest BCUT2D eigenvalue weighted by atomic mass is 16.5. The standard InChI is InChI=1S/C29H25N5O4/c1-17-7-13-22-26(36)23(29-32-27(33-38-29)19-8-11-20(37-2)12-9-19)15-34(28(22)30-17)16-25(35)31-24-14-10-18-5-3-4-6-21(18)24/h3-9,11-13,15,24H,10,14,16H2,1-2H3,(H,31,35)/t24-/m1/s1. The van der Waals surface area contributed by atoms with Gasteiger partial charge >= 0.3 is 0 Å². The smallest absolute Gasteiger partial charge is 0.263 e. The second-order valence-corrected chi connectivity index (χ2v) is 9.33. The number of rotatable bonds is 6. The zero-order valence-electron chi connectivity index (χ0n) is 21.0. The maximum absolute atomic E-state index is 13.4. The van der Waals surface area contributed by atoms with Crippen molar-refractivity contribution in [2.45, 2.75) is 32.4 Å². The average molecular weight is 508 g/mol. The van der Waals surface area contributed by atoms with Gasteiger partial charge in [0.25, 0.3) is 5.89 Å². The fraction of sp³-hybridized carbons (Fsp3) is 0.207. The molecule has 38 heavy (non-hydrogen) atoms. The lowest BCUT2D eigenvalue weighted by Crippen LogP contribution is -2.31. The third-order valence-corrected chi connectivity index (χ3v) is 6.85. The number of nitrogens with one attached hydrogen (secondary N) is 1. The molecule has 5 aromatic rings. The van der Waals surface area contributed by atoms with Crippen molar-refractivity contribution in [1.29, 1.82) is 0 Å². The Labute approximate surface area is 218 Å². The lowest BCUT2D eigenvalue weighted by Gasteiger charge is -2.16. The van der Waals surface area contributed by atoms with Gasteiger partial charge < -0.3 is 19.1 Å². The second-order valence-electron chi connectivity index (χ2n) is 9.33. The van der Waals surface area contributed by atoms with Crippen LogP contribution in [0.1, 0.15) is 29.3 Å². The van der Waals surface area contributed by atoms with Crippen molar-refractivity contribution in [3.05, 3.63) is 93.9 Å². The van der Waals surface area contributed by atoms with Gasteiger partial charge in [0, 0.05) is 17.5 Å². The summed E-state index contributed by atoms with van der Waals surface area (Å²) in [5.41, 5.74) is 4.20. The van der Waals surface area contributed by atoms with E-state index in [1.165, 1.54) is 5.56 Å². The van der Waals surface area contributed by atoms with Gasteiger partial charge in [0.1, 0.15) is 23.5 Å². The lowest BCUT2D eigenvalue weighted by atomic mass is 10.1. The van der Waals surface area contributed by atoms with E-state index in [4.69, 9.17) is 9.26 Å². The van der Waals surface area contributed by atoms with Crippen LogP contribution in [0.3, 0.4) is 0 Å². The van der Waals surface area contributed by atoms with Crippen LogP contribution in [0.25, 0.3) is 33.9 Å². The van der Waals surface area contributed by atoms with E-state index < -0.39 is 0 Å². The van der Waals surface area contributed by atoms with Crippen LogP contribution in [0, 0.1) is 6.92 Å². The van der Waals surface area contributed by atoms with E-state index >= 15 is 0 Å². The van der Waals surface area contributed by atoms with E-state index in [-0.39, 0.29) is 35.4 Å². The van der Waals surface area contributed by atoms with Crippen molar-refractivity contribution < 1.29 is 14.1 Å². The monoisotopic (exact) mass is 507 g/mol. The van der Waals surface area contributed by atoms with Crippen molar-refractivity contribution in [2.24, 2.45) is 0 Å². The maximum atomic E-state index is 13.4. The van der Waals surface area contributed by atoms with E-state index in [2.05, 4.69) is 32.6 Å². The summed E-state index contributed by atoms with van der Waals surface area (Å²) in [6.07, 6.45) is 3.36. The number of carbonyl (C=O) groups excluding carboxylic acids is 1. The van der Waals surface area contributed by atoms with Gasteiger partial charge in [0.15, 0.2) is 0 Å². The summed E-state index contributed by atoms with van der Waals surface area (Å²) < 4.78 is 12.4. The number of fused-ring (bicyclic) bond motifs is 2. The second kappa shape index (κ2) is 9.59. The first-order valence-electron chi connectivity index (χ1n) is 12.4. The summed E-state index contributed by atoms with van der Waals surface area (Å²) in [4.78, 5) is 35.6. The maximum Gasteiger partial charge on any atom is 0.263 e. The summed E-state index contributed by atoms with van der Waals surface area (Å²) in [7, 11) is 1.59. The quantitative estimate of drug-likeness (QED) is 0.366. The number of methoxy groups -OCH3 is 1. The van der Waals surface area contributed by atoms with Crippen LogP contribution < -0.4 is 15.5 Å². The fourth-order valence-electron chi connectivity index (χ4n) is 4.92. The molecule has 190 valence electrons. The van der Waals surface area contributed by atoms with E-state index in [0.717, 1.165) is 29.7 Å².